The molecule has 4 atom stereocenters. The van der Waals surface area contributed by atoms with Crippen LogP contribution in [0.25, 0.3) is 0 Å². The lowest BCUT2D eigenvalue weighted by Gasteiger charge is -2.37. The third-order valence-electron chi connectivity index (χ3n) is 3.14. The average Bonchev–Trinajstić information content (AvgIpc) is 2.23. The van der Waals surface area contributed by atoms with E-state index in [0.717, 1.165) is 6.42 Å². The van der Waals surface area contributed by atoms with Crippen molar-refractivity contribution in [1.82, 2.24) is 4.90 Å². The van der Waals surface area contributed by atoms with Crippen LogP contribution in [-0.2, 0) is 0 Å². The van der Waals surface area contributed by atoms with Crippen LogP contribution in [-0.4, -0.2) is 40.1 Å². The molecule has 2 unspecified atom stereocenters. The molecular formula is C8H14BrNO. The first-order chi connectivity index (χ1) is 5.20. The van der Waals surface area contributed by atoms with Crippen molar-refractivity contribution in [2.75, 3.05) is 7.05 Å². The molecule has 11 heavy (non-hydrogen) atoms. The largest absolute Gasteiger partial charge is 0.392 e. The Labute approximate surface area is 75.7 Å². The zero-order chi connectivity index (χ0) is 8.01. The molecule has 0 amide bonds. The van der Waals surface area contributed by atoms with Gasteiger partial charge in [-0.1, -0.05) is 15.9 Å². The van der Waals surface area contributed by atoms with Crippen molar-refractivity contribution in [3.8, 4) is 0 Å². The number of piperidine rings is 1. The fraction of sp³-hybridized carbons (Fsp3) is 1.00. The highest BCUT2D eigenvalue weighted by molar-refractivity contribution is 9.09. The van der Waals surface area contributed by atoms with Gasteiger partial charge >= 0.3 is 0 Å². The number of fused-ring (bicyclic) bond motifs is 2. The first-order valence-electron chi connectivity index (χ1n) is 4.24. The first kappa shape index (κ1) is 8.02. The molecule has 2 fully saturated rings. The van der Waals surface area contributed by atoms with Gasteiger partial charge in [0, 0.05) is 12.1 Å². The molecule has 1 N–H and O–H groups in total. The van der Waals surface area contributed by atoms with Crippen molar-refractivity contribution in [3.05, 3.63) is 0 Å². The minimum atomic E-state index is -0.122. The first-order valence-corrected chi connectivity index (χ1v) is 5.16. The Balaban J connectivity index is 2.16. The molecule has 0 spiro atoms. The number of hydrogen-bond donors (Lipinski definition) is 1. The van der Waals surface area contributed by atoms with Gasteiger partial charge in [0.2, 0.25) is 0 Å². The molecule has 2 aliphatic rings. The number of aliphatic hydroxyl groups excluding tert-OH is 1. The third-order valence-corrected chi connectivity index (χ3v) is 4.36. The van der Waals surface area contributed by atoms with Crippen LogP contribution in [0.3, 0.4) is 0 Å². The normalized spacial score (nSPS) is 51.5. The van der Waals surface area contributed by atoms with E-state index in [-0.39, 0.29) is 6.10 Å². The van der Waals surface area contributed by atoms with Gasteiger partial charge in [0.15, 0.2) is 0 Å². The van der Waals surface area contributed by atoms with Gasteiger partial charge in [0.25, 0.3) is 0 Å². The van der Waals surface area contributed by atoms with Crippen molar-refractivity contribution >= 4 is 15.9 Å². The van der Waals surface area contributed by atoms with Crippen molar-refractivity contribution in [3.63, 3.8) is 0 Å². The number of alkyl halides is 1. The third kappa shape index (κ3) is 1.14. The summed E-state index contributed by atoms with van der Waals surface area (Å²) < 4.78 is 0. The van der Waals surface area contributed by atoms with Crippen LogP contribution >= 0.6 is 15.9 Å². The standard InChI is InChI=1S/C8H14BrNO/c1-10-5-2-3-6(10)8(9)7(11)4-5/h5-8,11H,2-4H2,1H3/t5?,6?,7-,8+/m0/s1. The zero-order valence-electron chi connectivity index (χ0n) is 6.70. The molecule has 0 aromatic heterocycles. The number of halogens is 1. The molecule has 2 saturated heterocycles. The number of rotatable bonds is 0. The fourth-order valence-corrected chi connectivity index (χ4v) is 3.23. The van der Waals surface area contributed by atoms with Crippen LogP contribution in [0, 0.1) is 0 Å². The van der Waals surface area contributed by atoms with Crippen LogP contribution in [0.4, 0.5) is 0 Å². The lowest BCUT2D eigenvalue weighted by Crippen LogP contribution is -2.49. The summed E-state index contributed by atoms with van der Waals surface area (Å²) in [6.07, 6.45) is 3.33. The van der Waals surface area contributed by atoms with Gasteiger partial charge < -0.3 is 5.11 Å². The lowest BCUT2D eigenvalue weighted by molar-refractivity contribution is 0.0594. The van der Waals surface area contributed by atoms with E-state index in [4.69, 9.17) is 0 Å². The summed E-state index contributed by atoms with van der Waals surface area (Å²) in [4.78, 5) is 2.71. The molecule has 2 heterocycles. The Morgan fingerprint density at radius 2 is 2.18 bits per heavy atom. The molecular weight excluding hydrogens is 206 g/mol. The van der Waals surface area contributed by atoms with Crippen molar-refractivity contribution in [2.45, 2.75) is 42.3 Å². The maximum absolute atomic E-state index is 9.60. The van der Waals surface area contributed by atoms with Gasteiger partial charge in [-0.05, 0) is 26.3 Å². The Kier molecular flexibility index (Phi) is 1.98. The Morgan fingerprint density at radius 3 is 2.91 bits per heavy atom. The summed E-state index contributed by atoms with van der Waals surface area (Å²) in [6, 6.07) is 1.22. The average molecular weight is 220 g/mol. The van der Waals surface area contributed by atoms with E-state index >= 15 is 0 Å². The Morgan fingerprint density at radius 1 is 1.45 bits per heavy atom. The molecule has 0 aliphatic carbocycles. The highest BCUT2D eigenvalue weighted by atomic mass is 79.9. The van der Waals surface area contributed by atoms with Gasteiger partial charge in [0.1, 0.15) is 0 Å². The van der Waals surface area contributed by atoms with Gasteiger partial charge in [-0.15, -0.1) is 0 Å². The van der Waals surface area contributed by atoms with Crippen molar-refractivity contribution < 1.29 is 5.11 Å². The maximum atomic E-state index is 9.60. The molecule has 0 saturated carbocycles. The number of aliphatic hydroxyl groups is 1. The molecule has 64 valence electrons. The highest BCUT2D eigenvalue weighted by Crippen LogP contribution is 2.37. The highest BCUT2D eigenvalue weighted by Gasteiger charge is 2.43. The van der Waals surface area contributed by atoms with E-state index in [9.17, 15) is 5.11 Å². The summed E-state index contributed by atoms with van der Waals surface area (Å²) in [5.74, 6) is 0. The van der Waals surface area contributed by atoms with Gasteiger partial charge in [-0.3, -0.25) is 4.90 Å². The zero-order valence-corrected chi connectivity index (χ0v) is 8.29. The molecule has 2 bridgehead atoms. The topological polar surface area (TPSA) is 23.5 Å². The second-order valence-electron chi connectivity index (χ2n) is 3.71. The van der Waals surface area contributed by atoms with Crippen molar-refractivity contribution in [1.29, 1.82) is 0 Å². The molecule has 0 aromatic rings. The van der Waals surface area contributed by atoms with E-state index in [1.807, 2.05) is 0 Å². The van der Waals surface area contributed by atoms with E-state index in [2.05, 4.69) is 27.9 Å². The maximum Gasteiger partial charge on any atom is 0.0695 e. The van der Waals surface area contributed by atoms with E-state index in [1.165, 1.54) is 12.8 Å². The lowest BCUT2D eigenvalue weighted by atomic mass is 10.0. The van der Waals surface area contributed by atoms with E-state index < -0.39 is 0 Å². The van der Waals surface area contributed by atoms with Crippen LogP contribution in [0.5, 0.6) is 0 Å². The van der Waals surface area contributed by atoms with Crippen LogP contribution in [0.15, 0.2) is 0 Å². The number of nitrogens with zero attached hydrogens (tertiary/aromatic N) is 1. The predicted molar refractivity (Wildman–Crippen MR) is 47.9 cm³/mol. The quantitative estimate of drug-likeness (QED) is 0.615. The fourth-order valence-electron chi connectivity index (χ4n) is 2.37. The second kappa shape index (κ2) is 2.71. The summed E-state index contributed by atoms with van der Waals surface area (Å²) in [5.41, 5.74) is 0. The molecule has 0 radical (unpaired) electrons. The minimum Gasteiger partial charge on any atom is -0.392 e. The van der Waals surface area contributed by atoms with E-state index in [1.54, 1.807) is 0 Å². The van der Waals surface area contributed by atoms with Crippen LogP contribution < -0.4 is 0 Å². The minimum absolute atomic E-state index is 0.122. The molecule has 0 aromatic carbocycles. The van der Waals surface area contributed by atoms with Crippen LogP contribution in [0.1, 0.15) is 19.3 Å². The van der Waals surface area contributed by atoms with Gasteiger partial charge in [-0.25, -0.2) is 0 Å². The smallest absolute Gasteiger partial charge is 0.0695 e. The molecule has 2 rings (SSSR count). The summed E-state index contributed by atoms with van der Waals surface area (Å²) in [6.45, 7) is 0. The predicted octanol–water partition coefficient (Wildman–Crippen LogP) is 0.977. The SMILES string of the molecule is CN1C2CCC1[C@@H](Br)[C@@H](O)C2. The summed E-state index contributed by atoms with van der Waals surface area (Å²) in [7, 11) is 2.17. The van der Waals surface area contributed by atoms with Gasteiger partial charge in [-0.2, -0.15) is 0 Å². The molecule has 2 aliphatic heterocycles. The number of hydrogen-bond acceptors (Lipinski definition) is 2. The summed E-state index contributed by atoms with van der Waals surface area (Å²) >= 11 is 3.56. The van der Waals surface area contributed by atoms with E-state index in [0.29, 0.717) is 16.9 Å². The van der Waals surface area contributed by atoms with Crippen molar-refractivity contribution in [2.24, 2.45) is 0 Å². The second-order valence-corrected chi connectivity index (χ2v) is 4.77. The van der Waals surface area contributed by atoms with Gasteiger partial charge in [0.05, 0.1) is 10.9 Å². The Hall–Kier alpha value is 0.400. The Bertz CT molecular complexity index is 164. The molecule has 2 nitrogen and oxygen atoms in total. The monoisotopic (exact) mass is 219 g/mol. The van der Waals surface area contributed by atoms with Crippen LogP contribution in [0.2, 0.25) is 0 Å². The summed E-state index contributed by atoms with van der Waals surface area (Å²) in [5, 5.41) is 9.60. The molecule has 3 heteroatoms.